The van der Waals surface area contributed by atoms with Crippen LogP contribution < -0.4 is 31.9 Å². The molecule has 15 nitrogen and oxygen atoms in total. The Hall–Kier alpha value is -5.38. The van der Waals surface area contributed by atoms with Crippen molar-refractivity contribution < 1.29 is 38.2 Å². The van der Waals surface area contributed by atoms with Gasteiger partial charge in [0.25, 0.3) is 0 Å². The molecule has 64 heavy (non-hydrogen) atoms. The van der Waals surface area contributed by atoms with Gasteiger partial charge in [0.1, 0.15) is 30.3 Å². The third-order valence-corrected chi connectivity index (χ3v) is 11.2. The minimum atomic E-state index is -1.13. The molecule has 0 bridgehead atoms. The van der Waals surface area contributed by atoms with Crippen molar-refractivity contribution in [2.24, 2.45) is 22.7 Å². The van der Waals surface area contributed by atoms with Gasteiger partial charge in [0.05, 0.1) is 12.0 Å². The van der Waals surface area contributed by atoms with Gasteiger partial charge >= 0.3 is 12.2 Å². The van der Waals surface area contributed by atoms with Crippen molar-refractivity contribution >= 4 is 52.7 Å². The molecule has 1 aliphatic heterocycles. The maximum atomic E-state index is 14.1. The van der Waals surface area contributed by atoms with E-state index in [9.17, 15) is 28.8 Å². The van der Waals surface area contributed by atoms with E-state index < -0.39 is 71.5 Å². The summed E-state index contributed by atoms with van der Waals surface area (Å²) in [6, 6.07) is 15.3. The molecule has 6 atom stereocenters. The van der Waals surface area contributed by atoms with Crippen LogP contribution in [0.5, 0.6) is 0 Å². The molecule has 2 aromatic rings. The first-order valence-corrected chi connectivity index (χ1v) is 23.2. The third kappa shape index (κ3) is 20.0. The fraction of sp³-hybridized carbons (Fsp3) is 0.562. The van der Waals surface area contributed by atoms with Crippen molar-refractivity contribution in [1.29, 1.82) is 0 Å². The Morgan fingerprint density at radius 3 is 2.00 bits per heavy atom. The predicted molar refractivity (Wildman–Crippen MR) is 252 cm³/mol. The lowest BCUT2D eigenvalue weighted by molar-refractivity contribution is -0.134. The highest BCUT2D eigenvalue weighted by Gasteiger charge is 2.33. The molecule has 1 heterocycles. The SMILES string of the molecule is C/C(=C\[C@@H](C)C(=O)N[C@H](C(=O)NC(CCCNC(=O)OCc1ccccc1)C(=O)N[C@@H](CC(C)C)C(=O)NC1=NCCC(C)S1)C(C)C)[C@@H](Cc1ccccc1)NC(=O)OC(C)(C)C. The van der Waals surface area contributed by atoms with E-state index in [0.717, 1.165) is 23.1 Å². The molecule has 0 aliphatic carbocycles. The number of rotatable bonds is 21. The summed E-state index contributed by atoms with van der Waals surface area (Å²) in [6.45, 7) is 19.2. The molecule has 0 saturated carbocycles. The van der Waals surface area contributed by atoms with Gasteiger partial charge in [-0.2, -0.15) is 0 Å². The molecule has 0 spiro atoms. The number of carbonyl (C=O) groups excluding carboxylic acids is 6. The van der Waals surface area contributed by atoms with E-state index in [0.29, 0.717) is 24.6 Å². The number of hydrogen-bond donors (Lipinski definition) is 6. The molecule has 0 fully saturated rings. The lowest BCUT2D eigenvalue weighted by atomic mass is 9.96. The van der Waals surface area contributed by atoms with Crippen molar-refractivity contribution in [1.82, 2.24) is 31.9 Å². The molecule has 16 heteroatoms. The van der Waals surface area contributed by atoms with Crippen LogP contribution in [-0.2, 0) is 41.7 Å². The monoisotopic (exact) mass is 906 g/mol. The zero-order valence-corrected chi connectivity index (χ0v) is 40.1. The van der Waals surface area contributed by atoms with E-state index in [4.69, 9.17) is 9.47 Å². The molecule has 1 aliphatic rings. The highest BCUT2D eigenvalue weighted by Crippen LogP contribution is 2.20. The van der Waals surface area contributed by atoms with Crippen molar-refractivity contribution in [3.05, 3.63) is 83.4 Å². The highest BCUT2D eigenvalue weighted by molar-refractivity contribution is 8.14. The largest absolute Gasteiger partial charge is 0.445 e. The first-order valence-electron chi connectivity index (χ1n) is 22.3. The molecule has 6 amide bonds. The van der Waals surface area contributed by atoms with Crippen LogP contribution in [0.4, 0.5) is 9.59 Å². The van der Waals surface area contributed by atoms with E-state index in [1.54, 1.807) is 47.6 Å². The number of ether oxygens (including phenoxy) is 2. The van der Waals surface area contributed by atoms with Crippen molar-refractivity contribution in [2.75, 3.05) is 13.1 Å². The summed E-state index contributed by atoms with van der Waals surface area (Å²) in [5.74, 6) is -3.09. The second-order valence-electron chi connectivity index (χ2n) is 18.1. The van der Waals surface area contributed by atoms with Crippen LogP contribution in [-0.4, -0.2) is 89.1 Å². The van der Waals surface area contributed by atoms with Crippen LogP contribution >= 0.6 is 11.8 Å². The van der Waals surface area contributed by atoms with Gasteiger partial charge < -0.3 is 41.4 Å². The zero-order chi connectivity index (χ0) is 47.4. The fourth-order valence-corrected chi connectivity index (χ4v) is 7.63. The summed E-state index contributed by atoms with van der Waals surface area (Å²) in [5, 5.41) is 17.9. The molecule has 0 aromatic heterocycles. The molecular weight excluding hydrogens is 835 g/mol. The molecule has 0 saturated heterocycles. The number of amidine groups is 1. The van der Waals surface area contributed by atoms with Crippen LogP contribution in [0, 0.1) is 17.8 Å². The molecule has 3 rings (SSSR count). The molecule has 2 aromatic carbocycles. The third-order valence-electron chi connectivity index (χ3n) is 10.2. The van der Waals surface area contributed by atoms with E-state index >= 15 is 0 Å². The molecule has 352 valence electrons. The van der Waals surface area contributed by atoms with Crippen molar-refractivity contribution in [3.63, 3.8) is 0 Å². The predicted octanol–water partition coefficient (Wildman–Crippen LogP) is 6.57. The summed E-state index contributed by atoms with van der Waals surface area (Å²) in [6.07, 6.45) is 2.58. The standard InChI is InChI=1S/C48H71N7O8S/c1-30(2)26-39(43(58)55-45-49-25-23-34(7)64-45)52-42(57)37(22-17-24-50-46(60)62-29-36-20-15-12-16-21-36)51-44(59)40(31(3)4)54-41(56)33(6)27-32(5)38(28-35-18-13-11-14-19-35)53-47(61)63-48(8,9)10/h11-16,18-21,27,30-31,33-34,37-40H,17,22-26,28-29H2,1-10H3,(H,50,60)(H,51,59)(H,52,57)(H,53,61)(H,54,56)(H,49,55,58)/b32-27+/t33-,34?,37?,38-,39+,40+/m1/s1. The van der Waals surface area contributed by atoms with E-state index in [1.807, 2.05) is 81.4 Å². The number of nitrogens with zero attached hydrogens (tertiary/aromatic N) is 1. The summed E-state index contributed by atoms with van der Waals surface area (Å²) < 4.78 is 10.9. The number of carbonyl (C=O) groups is 6. The average Bonchev–Trinajstić information content (AvgIpc) is 3.22. The van der Waals surface area contributed by atoms with Gasteiger partial charge in [0.15, 0.2) is 5.17 Å². The molecular formula is C48H71N7O8S. The molecule has 6 N–H and O–H groups in total. The minimum Gasteiger partial charge on any atom is -0.445 e. The normalized spacial score (nSPS) is 16.5. The van der Waals surface area contributed by atoms with Gasteiger partial charge in [0, 0.05) is 18.3 Å². The Morgan fingerprint density at radius 1 is 0.781 bits per heavy atom. The Kier molecular flexibility index (Phi) is 21.9. The summed E-state index contributed by atoms with van der Waals surface area (Å²) in [7, 11) is 0. The second-order valence-corrected chi connectivity index (χ2v) is 19.5. The quantitative estimate of drug-likeness (QED) is 0.0592. The maximum absolute atomic E-state index is 14.1. The molecule has 0 radical (unpaired) electrons. The highest BCUT2D eigenvalue weighted by atomic mass is 32.2. The number of aliphatic imine (C=N–C) groups is 1. The van der Waals surface area contributed by atoms with E-state index in [1.165, 1.54) is 11.8 Å². The van der Waals surface area contributed by atoms with Crippen molar-refractivity contribution in [3.8, 4) is 0 Å². The minimum absolute atomic E-state index is 0.0389. The fourth-order valence-electron chi connectivity index (χ4n) is 6.70. The molecule has 2 unspecified atom stereocenters. The lowest BCUT2D eigenvalue weighted by Crippen LogP contribution is -2.58. The van der Waals surface area contributed by atoms with Gasteiger partial charge in [-0.15, -0.1) is 0 Å². The number of nitrogens with one attached hydrogen (secondary N) is 6. The number of alkyl carbamates (subject to hydrolysis) is 2. The van der Waals surface area contributed by atoms with Crippen LogP contribution in [0.1, 0.15) is 106 Å². The lowest BCUT2D eigenvalue weighted by Gasteiger charge is -2.28. The van der Waals surface area contributed by atoms with Gasteiger partial charge in [-0.3, -0.25) is 24.2 Å². The van der Waals surface area contributed by atoms with Gasteiger partial charge in [-0.05, 0) is 82.8 Å². The van der Waals surface area contributed by atoms with Crippen LogP contribution in [0.3, 0.4) is 0 Å². The van der Waals surface area contributed by atoms with Gasteiger partial charge in [-0.1, -0.05) is 126 Å². The van der Waals surface area contributed by atoms with E-state index in [-0.39, 0.29) is 43.1 Å². The second kappa shape index (κ2) is 26.4. The number of benzene rings is 2. The Morgan fingerprint density at radius 2 is 1.41 bits per heavy atom. The van der Waals surface area contributed by atoms with Gasteiger partial charge in [0.2, 0.25) is 23.6 Å². The summed E-state index contributed by atoms with van der Waals surface area (Å²) >= 11 is 1.47. The van der Waals surface area contributed by atoms with Crippen LogP contribution in [0.25, 0.3) is 0 Å². The first-order chi connectivity index (χ1) is 30.2. The van der Waals surface area contributed by atoms with Crippen LogP contribution in [0.2, 0.25) is 0 Å². The summed E-state index contributed by atoms with van der Waals surface area (Å²) in [4.78, 5) is 85.4. The Labute approximate surface area is 383 Å². The number of hydrogen-bond acceptors (Lipinski definition) is 10. The number of thioether (sulfide) groups is 1. The Balaban J connectivity index is 1.78. The van der Waals surface area contributed by atoms with E-state index in [2.05, 4.69) is 43.8 Å². The van der Waals surface area contributed by atoms with Crippen LogP contribution in [0.15, 0.2) is 77.3 Å². The number of amides is 6. The van der Waals surface area contributed by atoms with Crippen molar-refractivity contribution in [2.45, 2.75) is 143 Å². The smallest absolute Gasteiger partial charge is 0.408 e. The zero-order valence-electron chi connectivity index (χ0n) is 39.2. The van der Waals surface area contributed by atoms with Gasteiger partial charge in [-0.25, -0.2) is 9.59 Å². The maximum Gasteiger partial charge on any atom is 0.408 e. The first kappa shape index (κ1) is 53.0. The topological polar surface area (TPSA) is 205 Å². The average molecular weight is 906 g/mol. The summed E-state index contributed by atoms with van der Waals surface area (Å²) in [5.41, 5.74) is 1.82. The Bertz CT molecular complexity index is 1900.